The summed E-state index contributed by atoms with van der Waals surface area (Å²) in [6.07, 6.45) is -0.143. The molecule has 0 saturated carbocycles. The molecule has 0 saturated heterocycles. The lowest BCUT2D eigenvalue weighted by Gasteiger charge is -2.17. The third-order valence-electron chi connectivity index (χ3n) is 5.06. The van der Waals surface area contributed by atoms with E-state index in [4.69, 9.17) is 4.74 Å². The number of halogens is 2. The van der Waals surface area contributed by atoms with Gasteiger partial charge in [0.05, 0.1) is 24.2 Å². The topological polar surface area (TPSA) is 89.7 Å². The number of anilines is 1. The molecule has 0 spiro atoms. The summed E-state index contributed by atoms with van der Waals surface area (Å²) in [6, 6.07) is 10.1. The Labute approximate surface area is 203 Å². The van der Waals surface area contributed by atoms with E-state index in [0.717, 1.165) is 15.9 Å². The van der Waals surface area contributed by atoms with Gasteiger partial charge in [0.2, 0.25) is 0 Å². The van der Waals surface area contributed by atoms with Crippen molar-refractivity contribution in [3.8, 4) is 11.3 Å². The van der Waals surface area contributed by atoms with E-state index in [1.165, 1.54) is 23.2 Å². The highest BCUT2D eigenvalue weighted by Crippen LogP contribution is 2.30. The Morgan fingerprint density at radius 1 is 1.26 bits per heavy atom. The number of rotatable bonds is 8. The minimum atomic E-state index is -2.84. The summed E-state index contributed by atoms with van der Waals surface area (Å²) in [5.41, 5.74) is 0.922. The van der Waals surface area contributed by atoms with Crippen LogP contribution in [0.5, 0.6) is 0 Å². The SMILES string of the molecule is C=CCN(C(=O)c1cnn2c(C(F)F)cc(-c3ccccc3)nc12)c1nc(C)c(C(=O)OCC)s1. The Bertz CT molecular complexity index is 1400. The normalized spacial score (nSPS) is 11.1. The molecule has 1 aromatic carbocycles. The Hall–Kier alpha value is -3.99. The second-order valence-electron chi connectivity index (χ2n) is 7.36. The lowest BCUT2D eigenvalue weighted by atomic mass is 10.1. The summed E-state index contributed by atoms with van der Waals surface area (Å²) >= 11 is 0.999. The second-order valence-corrected chi connectivity index (χ2v) is 8.34. The molecule has 4 rings (SSSR count). The van der Waals surface area contributed by atoms with Gasteiger partial charge in [-0.3, -0.25) is 9.69 Å². The monoisotopic (exact) mass is 497 g/mol. The molecule has 3 heterocycles. The van der Waals surface area contributed by atoms with Crippen molar-refractivity contribution in [1.29, 1.82) is 0 Å². The van der Waals surface area contributed by atoms with Gasteiger partial charge in [-0.25, -0.2) is 28.1 Å². The Morgan fingerprint density at radius 2 is 2.00 bits per heavy atom. The van der Waals surface area contributed by atoms with Gasteiger partial charge >= 0.3 is 5.97 Å². The van der Waals surface area contributed by atoms with Crippen molar-refractivity contribution in [2.75, 3.05) is 18.1 Å². The van der Waals surface area contributed by atoms with E-state index >= 15 is 0 Å². The Kier molecular flexibility index (Phi) is 6.97. The number of alkyl halides is 2. The van der Waals surface area contributed by atoms with Gasteiger partial charge in [-0.2, -0.15) is 5.10 Å². The summed E-state index contributed by atoms with van der Waals surface area (Å²) in [6.45, 7) is 7.29. The molecule has 11 heteroatoms. The number of hydrogen-bond acceptors (Lipinski definition) is 7. The first-order chi connectivity index (χ1) is 16.8. The summed E-state index contributed by atoms with van der Waals surface area (Å²) in [5.74, 6) is -1.10. The largest absolute Gasteiger partial charge is 0.462 e. The van der Waals surface area contributed by atoms with Gasteiger partial charge in [0.1, 0.15) is 16.1 Å². The lowest BCUT2D eigenvalue weighted by molar-refractivity contribution is 0.0531. The first-order valence-electron chi connectivity index (χ1n) is 10.6. The van der Waals surface area contributed by atoms with Crippen molar-refractivity contribution in [3.63, 3.8) is 0 Å². The van der Waals surface area contributed by atoms with E-state index in [9.17, 15) is 18.4 Å². The zero-order chi connectivity index (χ0) is 25.1. The third-order valence-corrected chi connectivity index (χ3v) is 6.22. The van der Waals surface area contributed by atoms with Gasteiger partial charge in [-0.1, -0.05) is 47.7 Å². The highest BCUT2D eigenvalue weighted by Gasteiger charge is 2.28. The molecule has 0 bridgehead atoms. The number of hydrogen-bond donors (Lipinski definition) is 0. The van der Waals surface area contributed by atoms with Crippen LogP contribution in [0.3, 0.4) is 0 Å². The molecule has 0 N–H and O–H groups in total. The standard InChI is InChI=1S/C24H21F2N5O3S/c1-4-11-30(24-28-14(3)19(35-24)23(33)34-5-2)22(32)16-13-27-31-18(20(25)26)12-17(29-21(16)31)15-9-7-6-8-10-15/h4,6-10,12-13,20H,1,5,11H2,2-3H3. The fourth-order valence-electron chi connectivity index (χ4n) is 3.46. The summed E-state index contributed by atoms with van der Waals surface area (Å²) < 4.78 is 33.8. The number of carbonyl (C=O) groups excluding carboxylic acids is 2. The van der Waals surface area contributed by atoms with E-state index < -0.39 is 24.0 Å². The summed E-state index contributed by atoms with van der Waals surface area (Å²) in [7, 11) is 0. The Morgan fingerprint density at radius 3 is 2.66 bits per heavy atom. The maximum Gasteiger partial charge on any atom is 0.350 e. The number of carbonyl (C=O) groups is 2. The van der Waals surface area contributed by atoms with Crippen molar-refractivity contribution >= 4 is 34.0 Å². The highest BCUT2D eigenvalue weighted by atomic mass is 32.1. The van der Waals surface area contributed by atoms with Crippen LogP contribution in [0.2, 0.25) is 0 Å². The highest BCUT2D eigenvalue weighted by molar-refractivity contribution is 7.17. The number of esters is 1. The number of thiazole rings is 1. The Balaban J connectivity index is 1.82. The van der Waals surface area contributed by atoms with Crippen LogP contribution in [0.4, 0.5) is 13.9 Å². The number of nitrogens with zero attached hydrogens (tertiary/aromatic N) is 5. The third kappa shape index (κ3) is 4.67. The molecule has 4 aromatic rings. The van der Waals surface area contributed by atoms with Crippen molar-refractivity contribution in [3.05, 3.63) is 77.1 Å². The molecule has 3 aromatic heterocycles. The van der Waals surface area contributed by atoms with Gasteiger partial charge in [0.15, 0.2) is 10.8 Å². The predicted molar refractivity (Wildman–Crippen MR) is 128 cm³/mol. The molecule has 0 atom stereocenters. The van der Waals surface area contributed by atoms with E-state index in [1.54, 1.807) is 44.2 Å². The minimum Gasteiger partial charge on any atom is -0.462 e. The van der Waals surface area contributed by atoms with E-state index in [0.29, 0.717) is 11.3 Å². The molecule has 0 aliphatic carbocycles. The molecular weight excluding hydrogens is 476 g/mol. The molecule has 0 aliphatic rings. The lowest BCUT2D eigenvalue weighted by Crippen LogP contribution is -2.31. The average molecular weight is 498 g/mol. The number of ether oxygens (including phenoxy) is 1. The maximum absolute atomic E-state index is 13.9. The number of fused-ring (bicyclic) bond motifs is 1. The van der Waals surface area contributed by atoms with Crippen LogP contribution in [-0.4, -0.2) is 44.6 Å². The molecule has 180 valence electrons. The molecule has 0 unspecified atom stereocenters. The van der Waals surface area contributed by atoms with Gasteiger partial charge in [0.25, 0.3) is 12.3 Å². The minimum absolute atomic E-state index is 0.0112. The number of benzene rings is 1. The molecule has 35 heavy (non-hydrogen) atoms. The van der Waals surface area contributed by atoms with Crippen LogP contribution < -0.4 is 4.90 Å². The maximum atomic E-state index is 13.9. The first kappa shape index (κ1) is 24.1. The number of amides is 1. The molecule has 0 fully saturated rings. The number of aryl methyl sites for hydroxylation is 1. The van der Waals surface area contributed by atoms with Crippen molar-refractivity contribution in [1.82, 2.24) is 19.6 Å². The van der Waals surface area contributed by atoms with Gasteiger partial charge < -0.3 is 4.74 Å². The number of aromatic nitrogens is 4. The van der Waals surface area contributed by atoms with Crippen molar-refractivity contribution < 1.29 is 23.1 Å². The molecule has 0 aliphatic heterocycles. The summed E-state index contributed by atoms with van der Waals surface area (Å²) in [4.78, 5) is 36.3. The smallest absolute Gasteiger partial charge is 0.350 e. The van der Waals surface area contributed by atoms with Crippen LogP contribution in [-0.2, 0) is 4.74 Å². The van der Waals surface area contributed by atoms with Gasteiger partial charge in [-0.05, 0) is 19.9 Å². The van der Waals surface area contributed by atoms with Crippen LogP contribution in [0.25, 0.3) is 16.9 Å². The van der Waals surface area contributed by atoms with Crippen LogP contribution in [0.1, 0.15) is 44.8 Å². The first-order valence-corrected chi connectivity index (χ1v) is 11.5. The fourth-order valence-corrected chi connectivity index (χ4v) is 4.42. The van der Waals surface area contributed by atoms with E-state index in [1.807, 2.05) is 0 Å². The van der Waals surface area contributed by atoms with Crippen LogP contribution >= 0.6 is 11.3 Å². The quantitative estimate of drug-likeness (QED) is 0.248. The van der Waals surface area contributed by atoms with Crippen LogP contribution in [0.15, 0.2) is 55.3 Å². The van der Waals surface area contributed by atoms with Crippen molar-refractivity contribution in [2.24, 2.45) is 0 Å². The molecule has 8 nitrogen and oxygen atoms in total. The second kappa shape index (κ2) is 10.1. The van der Waals surface area contributed by atoms with E-state index in [2.05, 4.69) is 21.6 Å². The van der Waals surface area contributed by atoms with Gasteiger partial charge in [0, 0.05) is 12.1 Å². The molecule has 0 radical (unpaired) electrons. The predicted octanol–water partition coefficient (Wildman–Crippen LogP) is 5.11. The summed E-state index contributed by atoms with van der Waals surface area (Å²) in [5, 5.41) is 4.26. The molecular formula is C24H21F2N5O3S. The zero-order valence-electron chi connectivity index (χ0n) is 18.9. The zero-order valence-corrected chi connectivity index (χ0v) is 19.8. The van der Waals surface area contributed by atoms with Crippen LogP contribution in [0, 0.1) is 6.92 Å². The van der Waals surface area contributed by atoms with Crippen molar-refractivity contribution in [2.45, 2.75) is 20.3 Å². The van der Waals surface area contributed by atoms with E-state index in [-0.39, 0.29) is 40.1 Å². The fraction of sp³-hybridized carbons (Fsp3) is 0.208. The molecule has 1 amide bonds. The van der Waals surface area contributed by atoms with Gasteiger partial charge in [-0.15, -0.1) is 6.58 Å². The average Bonchev–Trinajstić information content (AvgIpc) is 3.45.